The number of aromatic nitrogens is 4. The number of hydrogen-bond donors (Lipinski definition) is 2. The van der Waals surface area contributed by atoms with Gasteiger partial charge in [-0.05, 0) is 37.1 Å². The number of aryl methyl sites for hydroxylation is 1. The number of carbonyl (C=O) groups excluding carboxylic acids is 1. The summed E-state index contributed by atoms with van der Waals surface area (Å²) in [6.45, 7) is 4.61. The first kappa shape index (κ1) is 16.0. The van der Waals surface area contributed by atoms with E-state index in [0.29, 0.717) is 12.1 Å². The molecule has 1 amide bonds. The number of imidazole rings is 1. The molecule has 6 nitrogen and oxygen atoms in total. The lowest BCUT2D eigenvalue weighted by atomic mass is 10.1. The van der Waals surface area contributed by atoms with Crippen LogP contribution in [0.3, 0.4) is 0 Å². The van der Waals surface area contributed by atoms with Crippen LogP contribution in [-0.4, -0.2) is 25.7 Å². The number of carbonyl (C=O) groups is 1. The molecule has 2 N–H and O–H groups in total. The van der Waals surface area contributed by atoms with Crippen molar-refractivity contribution in [2.24, 2.45) is 0 Å². The lowest BCUT2D eigenvalue weighted by molar-refractivity contribution is 0.0933. The van der Waals surface area contributed by atoms with Crippen LogP contribution in [-0.2, 0) is 6.54 Å². The van der Waals surface area contributed by atoms with Gasteiger partial charge in [-0.15, -0.1) is 0 Å². The molecular formula is C18H21N5O. The van der Waals surface area contributed by atoms with Gasteiger partial charge in [0.1, 0.15) is 5.82 Å². The fourth-order valence-corrected chi connectivity index (χ4v) is 2.61. The minimum absolute atomic E-state index is 0.0989. The highest BCUT2D eigenvalue weighted by Gasteiger charge is 2.16. The maximum Gasteiger partial charge on any atom is 0.251 e. The Morgan fingerprint density at radius 1 is 1.38 bits per heavy atom. The number of nitrogens with zero attached hydrogens (tertiary/aromatic N) is 3. The van der Waals surface area contributed by atoms with Crippen LogP contribution in [0.4, 0.5) is 0 Å². The van der Waals surface area contributed by atoms with E-state index < -0.39 is 0 Å². The van der Waals surface area contributed by atoms with E-state index in [0.717, 1.165) is 23.5 Å². The molecule has 0 bridgehead atoms. The van der Waals surface area contributed by atoms with Crippen molar-refractivity contribution < 1.29 is 4.79 Å². The zero-order valence-corrected chi connectivity index (χ0v) is 13.9. The molecule has 0 unspecified atom stereocenters. The molecule has 0 aliphatic carbocycles. The average molecular weight is 323 g/mol. The van der Waals surface area contributed by atoms with Crippen LogP contribution < -0.4 is 5.32 Å². The van der Waals surface area contributed by atoms with Gasteiger partial charge in [-0.3, -0.25) is 9.48 Å². The molecule has 1 aromatic carbocycles. The summed E-state index contributed by atoms with van der Waals surface area (Å²) in [5, 5.41) is 7.24. The molecule has 0 aliphatic heterocycles. The zero-order chi connectivity index (χ0) is 16.9. The van der Waals surface area contributed by atoms with Crippen molar-refractivity contribution in [2.75, 3.05) is 0 Å². The van der Waals surface area contributed by atoms with Crippen LogP contribution in [0.1, 0.15) is 46.8 Å². The summed E-state index contributed by atoms with van der Waals surface area (Å²) < 4.78 is 1.83. The van der Waals surface area contributed by atoms with Gasteiger partial charge in [-0.25, -0.2) is 4.98 Å². The van der Waals surface area contributed by atoms with Gasteiger partial charge in [0.05, 0.1) is 12.6 Å². The Balaban J connectivity index is 1.72. The van der Waals surface area contributed by atoms with Crippen molar-refractivity contribution in [3.63, 3.8) is 0 Å². The number of rotatable bonds is 6. The van der Waals surface area contributed by atoms with Gasteiger partial charge in [-0.1, -0.05) is 19.1 Å². The monoisotopic (exact) mass is 323 g/mol. The summed E-state index contributed by atoms with van der Waals surface area (Å²) in [5.41, 5.74) is 2.66. The van der Waals surface area contributed by atoms with E-state index in [1.54, 1.807) is 12.4 Å². The van der Waals surface area contributed by atoms with E-state index in [1.807, 2.05) is 55.1 Å². The number of H-pyrrole nitrogens is 1. The van der Waals surface area contributed by atoms with Gasteiger partial charge in [0, 0.05) is 29.8 Å². The maximum atomic E-state index is 12.6. The van der Waals surface area contributed by atoms with E-state index in [-0.39, 0.29) is 11.9 Å². The van der Waals surface area contributed by atoms with Crippen LogP contribution >= 0.6 is 0 Å². The van der Waals surface area contributed by atoms with Gasteiger partial charge < -0.3 is 10.3 Å². The molecule has 6 heteroatoms. The topological polar surface area (TPSA) is 75.6 Å². The third kappa shape index (κ3) is 3.71. The van der Waals surface area contributed by atoms with Crippen molar-refractivity contribution in [3.05, 3.63) is 71.6 Å². The Morgan fingerprint density at radius 2 is 2.25 bits per heavy atom. The number of aromatic amines is 1. The highest BCUT2D eigenvalue weighted by molar-refractivity contribution is 5.94. The molecule has 124 valence electrons. The van der Waals surface area contributed by atoms with Gasteiger partial charge in [0.25, 0.3) is 5.91 Å². The van der Waals surface area contributed by atoms with E-state index in [9.17, 15) is 4.79 Å². The molecule has 24 heavy (non-hydrogen) atoms. The molecule has 0 saturated heterocycles. The van der Waals surface area contributed by atoms with Gasteiger partial charge in [0.15, 0.2) is 0 Å². The summed E-state index contributed by atoms with van der Waals surface area (Å²) in [6.07, 6.45) is 6.19. The predicted octanol–water partition coefficient (Wildman–Crippen LogP) is 2.84. The number of amides is 1. The molecule has 0 saturated carbocycles. The molecular weight excluding hydrogens is 302 g/mol. The second kappa shape index (κ2) is 7.12. The average Bonchev–Trinajstić information content (AvgIpc) is 3.24. The van der Waals surface area contributed by atoms with Crippen molar-refractivity contribution in [1.29, 1.82) is 0 Å². The van der Waals surface area contributed by atoms with Gasteiger partial charge >= 0.3 is 0 Å². The third-order valence-electron chi connectivity index (χ3n) is 3.86. The fourth-order valence-electron chi connectivity index (χ4n) is 2.61. The predicted molar refractivity (Wildman–Crippen MR) is 91.6 cm³/mol. The lowest BCUT2D eigenvalue weighted by Crippen LogP contribution is -2.29. The fraction of sp³-hybridized carbons (Fsp3) is 0.278. The Bertz CT molecular complexity index is 806. The first-order valence-corrected chi connectivity index (χ1v) is 8.04. The summed E-state index contributed by atoms with van der Waals surface area (Å²) >= 11 is 0. The highest BCUT2D eigenvalue weighted by Crippen LogP contribution is 2.15. The van der Waals surface area contributed by atoms with Crippen LogP contribution in [0.5, 0.6) is 0 Å². The van der Waals surface area contributed by atoms with Crippen molar-refractivity contribution in [3.8, 4) is 0 Å². The molecule has 3 rings (SSSR count). The molecule has 1 atom stereocenters. The van der Waals surface area contributed by atoms with Gasteiger partial charge in [0.2, 0.25) is 0 Å². The lowest BCUT2D eigenvalue weighted by Gasteiger charge is -2.15. The van der Waals surface area contributed by atoms with Crippen LogP contribution in [0, 0.1) is 6.92 Å². The Hall–Kier alpha value is -2.89. The first-order chi connectivity index (χ1) is 11.7. The van der Waals surface area contributed by atoms with E-state index >= 15 is 0 Å². The summed E-state index contributed by atoms with van der Waals surface area (Å²) in [6, 6.07) is 9.37. The molecule has 2 heterocycles. The van der Waals surface area contributed by atoms with Crippen LogP contribution in [0.25, 0.3) is 0 Å². The molecule has 0 fully saturated rings. The number of benzene rings is 1. The highest BCUT2D eigenvalue weighted by atomic mass is 16.1. The molecule has 0 aliphatic rings. The third-order valence-corrected chi connectivity index (χ3v) is 3.86. The minimum Gasteiger partial charge on any atom is -0.344 e. The maximum absolute atomic E-state index is 12.6. The Kier molecular flexibility index (Phi) is 4.74. The number of nitrogens with one attached hydrogen (secondary N) is 2. The first-order valence-electron chi connectivity index (χ1n) is 8.04. The largest absolute Gasteiger partial charge is 0.344 e. The second-order valence-corrected chi connectivity index (χ2v) is 5.79. The molecule has 0 radical (unpaired) electrons. The van der Waals surface area contributed by atoms with Crippen molar-refractivity contribution in [1.82, 2.24) is 25.1 Å². The smallest absolute Gasteiger partial charge is 0.251 e. The molecule has 3 aromatic rings. The Morgan fingerprint density at radius 3 is 2.92 bits per heavy atom. The van der Waals surface area contributed by atoms with Crippen LogP contribution in [0.2, 0.25) is 0 Å². The normalized spacial score (nSPS) is 12.1. The standard InChI is InChI=1S/C18H21N5O/c1-3-16(17-19-11-13(2)21-17)22-18(24)15-7-4-6-14(10-15)12-23-9-5-8-20-23/h4-11,16H,3,12H2,1-2H3,(H,19,21)(H,22,24)/t16-/m1/s1. The number of hydrogen-bond acceptors (Lipinski definition) is 3. The minimum atomic E-state index is -0.124. The summed E-state index contributed by atoms with van der Waals surface area (Å²) in [5.74, 6) is 0.689. The second-order valence-electron chi connectivity index (χ2n) is 5.79. The van der Waals surface area contributed by atoms with E-state index in [4.69, 9.17) is 0 Å². The summed E-state index contributed by atoms with van der Waals surface area (Å²) in [7, 11) is 0. The molecule has 0 spiro atoms. The zero-order valence-electron chi connectivity index (χ0n) is 13.9. The van der Waals surface area contributed by atoms with Crippen molar-refractivity contribution in [2.45, 2.75) is 32.9 Å². The van der Waals surface area contributed by atoms with Crippen molar-refractivity contribution >= 4 is 5.91 Å². The molecule has 2 aromatic heterocycles. The summed E-state index contributed by atoms with van der Waals surface area (Å²) in [4.78, 5) is 20.1. The SMILES string of the molecule is CC[C@@H](NC(=O)c1cccc(Cn2cccn2)c1)c1ncc(C)[nH]1. The Labute approximate surface area is 140 Å². The van der Waals surface area contributed by atoms with Crippen LogP contribution in [0.15, 0.2) is 48.9 Å². The van der Waals surface area contributed by atoms with Gasteiger partial charge in [-0.2, -0.15) is 5.10 Å². The van der Waals surface area contributed by atoms with E-state index in [2.05, 4.69) is 20.4 Å². The van der Waals surface area contributed by atoms with E-state index in [1.165, 1.54) is 0 Å². The quantitative estimate of drug-likeness (QED) is 0.732.